The summed E-state index contributed by atoms with van der Waals surface area (Å²) in [6, 6.07) is 13.6. The Morgan fingerprint density at radius 2 is 2.04 bits per heavy atom. The van der Waals surface area contributed by atoms with Crippen molar-refractivity contribution in [1.29, 1.82) is 0 Å². The summed E-state index contributed by atoms with van der Waals surface area (Å²) in [5, 5.41) is 4.92. The van der Waals surface area contributed by atoms with E-state index in [4.69, 9.17) is 21.1 Å². The van der Waals surface area contributed by atoms with Crippen LogP contribution in [0, 0.1) is 11.8 Å². The first kappa shape index (κ1) is 35.0. The van der Waals surface area contributed by atoms with E-state index in [1.807, 2.05) is 31.3 Å². The second kappa shape index (κ2) is 14.6. The lowest BCUT2D eigenvalue weighted by molar-refractivity contribution is -0.116. The van der Waals surface area contributed by atoms with Gasteiger partial charge in [-0.1, -0.05) is 29.8 Å². The number of ketones is 1. The number of benzene rings is 2. The first-order valence-corrected chi connectivity index (χ1v) is 20.1. The van der Waals surface area contributed by atoms with Gasteiger partial charge in [0.25, 0.3) is 5.91 Å². The summed E-state index contributed by atoms with van der Waals surface area (Å²) in [6.45, 7) is 2.06. The molecule has 0 N–H and O–H groups in total. The Hall–Kier alpha value is -3.47. The number of hydrogen-bond acceptors (Lipinski definition) is 7. The molecule has 2 aliphatic heterocycles. The van der Waals surface area contributed by atoms with Crippen molar-refractivity contribution in [1.82, 2.24) is 9.78 Å². The second-order valence-corrected chi connectivity index (χ2v) is 17.4. The van der Waals surface area contributed by atoms with Crippen molar-refractivity contribution in [3.05, 3.63) is 88.2 Å². The third-order valence-electron chi connectivity index (χ3n) is 11.3. The van der Waals surface area contributed by atoms with E-state index in [0.29, 0.717) is 43.3 Å². The number of hydrogen-bond donors (Lipinski definition) is 0. The van der Waals surface area contributed by atoms with Gasteiger partial charge < -0.3 is 14.4 Å². The van der Waals surface area contributed by atoms with Crippen molar-refractivity contribution in [2.24, 2.45) is 23.2 Å². The maximum Gasteiger partial charge on any atom is 0.285 e. The first-order chi connectivity index (χ1) is 24.1. The van der Waals surface area contributed by atoms with E-state index in [1.165, 1.54) is 11.1 Å². The molecule has 50 heavy (non-hydrogen) atoms. The van der Waals surface area contributed by atoms with E-state index in [-0.39, 0.29) is 35.2 Å². The largest absolute Gasteiger partial charge is 0.490 e. The van der Waals surface area contributed by atoms with E-state index in [0.717, 1.165) is 67.3 Å². The number of Topliss-reactive ketones (excluding diaryl/α,β-unsaturated/α-hetero) is 1. The Morgan fingerprint density at radius 1 is 1.16 bits per heavy atom. The molecule has 1 saturated carbocycles. The van der Waals surface area contributed by atoms with Gasteiger partial charge in [0.1, 0.15) is 11.5 Å². The predicted octanol–water partition coefficient (Wildman–Crippen LogP) is 6.75. The van der Waals surface area contributed by atoms with Crippen LogP contribution in [-0.2, 0) is 44.6 Å². The van der Waals surface area contributed by atoms with E-state index in [1.54, 1.807) is 24.1 Å². The summed E-state index contributed by atoms with van der Waals surface area (Å²) in [6.07, 6.45) is 13.0. The molecular weight excluding hydrogens is 672 g/mol. The molecule has 3 aromatic rings. The van der Waals surface area contributed by atoms with E-state index in [9.17, 15) is 13.8 Å². The average Bonchev–Trinajstić information content (AvgIpc) is 3.43. The number of fused-ring (bicyclic) bond motifs is 4. The fourth-order valence-electron chi connectivity index (χ4n) is 8.43. The zero-order valence-electron chi connectivity index (χ0n) is 29.0. The highest BCUT2D eigenvalue weighted by molar-refractivity contribution is 7.94. The Bertz CT molecular complexity index is 1920. The van der Waals surface area contributed by atoms with Crippen LogP contribution in [0.25, 0.3) is 0 Å². The molecule has 4 aliphatic rings. The zero-order chi connectivity index (χ0) is 34.9. The Balaban J connectivity index is 1.24. The number of anilines is 1. The molecule has 0 saturated heterocycles. The van der Waals surface area contributed by atoms with Gasteiger partial charge in [0, 0.05) is 67.3 Å². The van der Waals surface area contributed by atoms with Crippen LogP contribution >= 0.6 is 11.6 Å². The normalized spacial score (nSPS) is 28.7. The maximum atomic E-state index is 14.4. The second-order valence-electron chi connectivity index (χ2n) is 14.6. The number of methoxy groups -OCH3 is 1. The van der Waals surface area contributed by atoms with E-state index < -0.39 is 15.6 Å². The summed E-state index contributed by atoms with van der Waals surface area (Å²) in [4.78, 5) is 29.5. The fourth-order valence-corrected chi connectivity index (χ4v) is 10.6. The van der Waals surface area contributed by atoms with Crippen LogP contribution in [0.3, 0.4) is 0 Å². The van der Waals surface area contributed by atoms with Crippen LogP contribution in [0.5, 0.6) is 5.75 Å². The number of aryl methyl sites for hydroxylation is 3. The predicted molar refractivity (Wildman–Crippen MR) is 197 cm³/mol. The SMILES string of the molecule is CO[C@H]1/C=C/CCC[S@](=O)(CC(=O)CCc2ccnn2C)=NC(=O)c2ccc3c(c2)N(C[C@@H]2CC[C@H]21)C[C@@]1(CCCc2cc(Cl)ccc21)CO3. The Morgan fingerprint density at radius 3 is 2.82 bits per heavy atom. The molecule has 0 radical (unpaired) electrons. The van der Waals surface area contributed by atoms with E-state index >= 15 is 0 Å². The van der Waals surface area contributed by atoms with Crippen LogP contribution in [0.15, 0.2) is 65.2 Å². The summed E-state index contributed by atoms with van der Waals surface area (Å²) < 4.78 is 33.1. The minimum Gasteiger partial charge on any atom is -0.490 e. The van der Waals surface area contributed by atoms with Crippen LogP contribution in [0.4, 0.5) is 5.69 Å². The molecule has 3 heterocycles. The summed E-state index contributed by atoms with van der Waals surface area (Å²) >= 11 is 6.45. The lowest BCUT2D eigenvalue weighted by Gasteiger charge is -2.46. The van der Waals surface area contributed by atoms with Gasteiger partial charge in [-0.2, -0.15) is 9.46 Å². The van der Waals surface area contributed by atoms with Gasteiger partial charge in [-0.05, 0) is 111 Å². The van der Waals surface area contributed by atoms with Gasteiger partial charge in [0.2, 0.25) is 0 Å². The van der Waals surface area contributed by atoms with Crippen molar-refractivity contribution < 1.29 is 23.3 Å². The Labute approximate surface area is 300 Å². The summed E-state index contributed by atoms with van der Waals surface area (Å²) in [7, 11) is 0.447. The highest BCUT2D eigenvalue weighted by Crippen LogP contribution is 2.47. The van der Waals surface area contributed by atoms with Gasteiger partial charge in [-0.25, -0.2) is 4.21 Å². The van der Waals surface area contributed by atoms with Crippen molar-refractivity contribution in [3.63, 3.8) is 0 Å². The molecule has 0 unspecified atom stereocenters. The number of amides is 1. The molecule has 2 aromatic carbocycles. The van der Waals surface area contributed by atoms with Gasteiger partial charge in [-0.15, -0.1) is 0 Å². The number of carbonyl (C=O) groups excluding carboxylic acids is 2. The van der Waals surface area contributed by atoms with Crippen molar-refractivity contribution in [2.75, 3.05) is 43.2 Å². The molecule has 9 nitrogen and oxygen atoms in total. The third-order valence-corrected chi connectivity index (χ3v) is 13.7. The molecular formula is C39H47ClN4O5S. The Kier molecular flexibility index (Phi) is 10.2. The number of aromatic nitrogens is 2. The van der Waals surface area contributed by atoms with Crippen LogP contribution in [-0.4, -0.2) is 70.1 Å². The molecule has 1 spiro atoms. The molecule has 266 valence electrons. The molecule has 1 fully saturated rings. The average molecular weight is 719 g/mol. The van der Waals surface area contributed by atoms with Gasteiger partial charge in [-0.3, -0.25) is 14.3 Å². The van der Waals surface area contributed by atoms with Crippen LogP contribution < -0.4 is 9.64 Å². The molecule has 11 heteroatoms. The van der Waals surface area contributed by atoms with Gasteiger partial charge in [0.05, 0.1) is 33.9 Å². The highest BCUT2D eigenvalue weighted by atomic mass is 35.5. The lowest BCUT2D eigenvalue weighted by atomic mass is 9.68. The first-order valence-electron chi connectivity index (χ1n) is 17.9. The molecule has 1 aromatic heterocycles. The highest BCUT2D eigenvalue weighted by Gasteiger charge is 2.44. The number of rotatable bonds is 6. The molecule has 5 atom stereocenters. The van der Waals surface area contributed by atoms with Crippen molar-refractivity contribution in [2.45, 2.75) is 69.3 Å². The lowest BCUT2D eigenvalue weighted by Crippen LogP contribution is -2.49. The minimum absolute atomic E-state index is 0.0219. The smallest absolute Gasteiger partial charge is 0.285 e. The molecule has 1 amide bonds. The third kappa shape index (κ3) is 7.30. The quantitative estimate of drug-likeness (QED) is 0.260. The number of nitrogens with zero attached hydrogens (tertiary/aromatic N) is 4. The van der Waals surface area contributed by atoms with Crippen LogP contribution in [0.1, 0.15) is 72.1 Å². The topological polar surface area (TPSA) is 103 Å². The van der Waals surface area contributed by atoms with E-state index in [2.05, 4.69) is 38.6 Å². The summed E-state index contributed by atoms with van der Waals surface area (Å²) in [5.74, 6) is 0.685. The number of halogens is 1. The summed E-state index contributed by atoms with van der Waals surface area (Å²) in [5.41, 5.74) is 4.45. The molecule has 7 rings (SSSR count). The standard InChI is InChI=1S/C39H47ClN4O5S/c1-43-31(17-19-41-43)12-13-32(45)24-50(47)20-5-3-4-8-36(48-2)33-14-9-29(33)23-44-25-39(18-6-7-27-21-30(40)11-15-34(27)39)26-49-37-16-10-28(22-35(37)44)38(46)42-50/h4,8,10-11,15-17,19,21-22,29,33,36H,3,5-7,9,12-14,18,20,23-26H2,1-2H3/b8-4+/t29-,33+,36-,39-,50-/m0/s1. The zero-order valence-corrected chi connectivity index (χ0v) is 30.6. The number of ether oxygens (including phenoxy) is 2. The number of allylic oxidation sites excluding steroid dienone is 1. The molecule has 2 bridgehead atoms. The fraction of sp³-hybridized carbons (Fsp3) is 0.513. The van der Waals surface area contributed by atoms with Crippen LogP contribution in [0.2, 0.25) is 5.02 Å². The van der Waals surface area contributed by atoms with Gasteiger partial charge in [0.15, 0.2) is 0 Å². The van der Waals surface area contributed by atoms with Gasteiger partial charge >= 0.3 is 0 Å². The monoisotopic (exact) mass is 718 g/mol. The van der Waals surface area contributed by atoms with Crippen molar-refractivity contribution >= 4 is 38.7 Å². The number of carbonyl (C=O) groups is 2. The maximum absolute atomic E-state index is 14.4. The van der Waals surface area contributed by atoms with Crippen molar-refractivity contribution in [3.8, 4) is 5.75 Å². The minimum atomic E-state index is -3.16. The molecule has 2 aliphatic carbocycles.